The zero-order valence-electron chi connectivity index (χ0n) is 18.0. The third kappa shape index (κ3) is 3.43. The van der Waals surface area contributed by atoms with Gasteiger partial charge in [-0.2, -0.15) is 4.57 Å². The topological polar surface area (TPSA) is 80.7 Å². The molecule has 0 aliphatic carbocycles. The molecule has 2 aromatic carbocycles. The van der Waals surface area contributed by atoms with Crippen LogP contribution < -0.4 is 16.3 Å². The molecule has 0 N–H and O–H groups in total. The normalized spacial score (nSPS) is 18.1. The van der Waals surface area contributed by atoms with Crippen molar-refractivity contribution in [1.82, 2.24) is 14.2 Å². The van der Waals surface area contributed by atoms with Gasteiger partial charge in [0, 0.05) is 21.8 Å². The standard InChI is InChI=1S/C22H22Cl2N4O4/c1-13(2)27-19(29)25(16-9-5-7-14(23)11-16)18(22(27,3)4)28-20(30)26(21(31)32-28)17-10-6-8-15(24)12-17/h5-13,18H,1-4H3/t18-/m1/s1. The second kappa shape index (κ2) is 7.86. The monoisotopic (exact) mass is 476 g/mol. The molecule has 3 aromatic rings. The predicted octanol–water partition coefficient (Wildman–Crippen LogP) is 4.53. The van der Waals surface area contributed by atoms with Crippen molar-refractivity contribution in [1.29, 1.82) is 0 Å². The number of amides is 2. The van der Waals surface area contributed by atoms with E-state index in [9.17, 15) is 14.4 Å². The van der Waals surface area contributed by atoms with Crippen LogP contribution in [0.25, 0.3) is 5.69 Å². The van der Waals surface area contributed by atoms with E-state index >= 15 is 0 Å². The summed E-state index contributed by atoms with van der Waals surface area (Å²) in [7, 11) is 0. The van der Waals surface area contributed by atoms with Crippen molar-refractivity contribution in [3.8, 4) is 5.69 Å². The highest BCUT2D eigenvalue weighted by atomic mass is 35.5. The summed E-state index contributed by atoms with van der Waals surface area (Å²) in [6.45, 7) is 7.41. The van der Waals surface area contributed by atoms with Gasteiger partial charge in [-0.25, -0.2) is 14.4 Å². The molecular weight excluding hydrogens is 455 g/mol. The Morgan fingerprint density at radius 3 is 2.06 bits per heavy atom. The van der Waals surface area contributed by atoms with Crippen LogP contribution in [-0.2, 0) is 0 Å². The molecule has 1 atom stereocenters. The molecule has 32 heavy (non-hydrogen) atoms. The molecule has 0 spiro atoms. The number of halogens is 2. The van der Waals surface area contributed by atoms with Crippen molar-refractivity contribution in [2.75, 3.05) is 4.90 Å². The minimum atomic E-state index is -0.948. The molecule has 1 fully saturated rings. The summed E-state index contributed by atoms with van der Waals surface area (Å²) in [6, 6.07) is 12.6. The van der Waals surface area contributed by atoms with Gasteiger partial charge in [-0.15, -0.1) is 4.74 Å². The molecule has 1 saturated heterocycles. The first-order chi connectivity index (χ1) is 15.0. The highest BCUT2D eigenvalue weighted by molar-refractivity contribution is 6.31. The summed E-state index contributed by atoms with van der Waals surface area (Å²) in [5.74, 6) is -0.880. The van der Waals surface area contributed by atoms with E-state index in [1.165, 1.54) is 11.0 Å². The number of urea groups is 1. The van der Waals surface area contributed by atoms with Crippen LogP contribution in [0.3, 0.4) is 0 Å². The molecule has 1 aromatic heterocycles. The Kier molecular flexibility index (Phi) is 5.46. The number of hydrogen-bond donors (Lipinski definition) is 0. The lowest BCUT2D eigenvalue weighted by molar-refractivity contribution is 0.0809. The van der Waals surface area contributed by atoms with E-state index in [0.717, 1.165) is 9.31 Å². The lowest BCUT2D eigenvalue weighted by atomic mass is 9.99. The number of carbonyl (C=O) groups excluding carboxylic acids is 1. The fraction of sp³-hybridized carbons (Fsp3) is 0.318. The molecule has 0 bridgehead atoms. The van der Waals surface area contributed by atoms with Gasteiger partial charge in [-0.3, -0.25) is 4.90 Å². The summed E-state index contributed by atoms with van der Waals surface area (Å²) in [5.41, 5.74) is -0.880. The quantitative estimate of drug-likeness (QED) is 0.553. The second-order valence-electron chi connectivity index (χ2n) is 8.40. The molecule has 0 saturated carbocycles. The maximum Gasteiger partial charge on any atom is 0.447 e. The first-order valence-corrected chi connectivity index (χ1v) is 10.8. The molecular formula is C22H22Cl2N4O4. The van der Waals surface area contributed by atoms with Crippen molar-refractivity contribution >= 4 is 34.9 Å². The van der Waals surface area contributed by atoms with Gasteiger partial charge in [-0.05, 0) is 64.1 Å². The van der Waals surface area contributed by atoms with Crippen LogP contribution in [0, 0.1) is 0 Å². The van der Waals surface area contributed by atoms with Gasteiger partial charge in [0.15, 0.2) is 6.17 Å². The van der Waals surface area contributed by atoms with E-state index in [1.54, 1.807) is 47.4 Å². The van der Waals surface area contributed by atoms with E-state index in [2.05, 4.69) is 0 Å². The highest BCUT2D eigenvalue weighted by Gasteiger charge is 2.56. The van der Waals surface area contributed by atoms with Crippen LogP contribution in [0.4, 0.5) is 10.5 Å². The number of hydrogen-bond acceptors (Lipinski definition) is 4. The zero-order valence-corrected chi connectivity index (χ0v) is 19.5. The largest absolute Gasteiger partial charge is 0.447 e. The summed E-state index contributed by atoms with van der Waals surface area (Å²) in [5, 5.41) is 0.796. The third-order valence-corrected chi connectivity index (χ3v) is 6.01. The number of benzene rings is 2. The summed E-state index contributed by atoms with van der Waals surface area (Å²) in [4.78, 5) is 42.7. The molecule has 2 amide bonds. The Hall–Kier alpha value is -2.97. The van der Waals surface area contributed by atoms with E-state index in [1.807, 2.05) is 27.7 Å². The first-order valence-electron chi connectivity index (χ1n) is 10.0. The molecule has 1 aliphatic heterocycles. The summed E-state index contributed by atoms with van der Waals surface area (Å²) < 4.78 is 7.27. The Morgan fingerprint density at radius 2 is 1.50 bits per heavy atom. The molecule has 168 valence electrons. The Morgan fingerprint density at radius 1 is 0.938 bits per heavy atom. The minimum absolute atomic E-state index is 0.179. The van der Waals surface area contributed by atoms with Crippen molar-refractivity contribution in [3.05, 3.63) is 79.6 Å². The maximum atomic E-state index is 13.5. The van der Waals surface area contributed by atoms with E-state index in [4.69, 9.17) is 27.7 Å². The maximum absolute atomic E-state index is 13.5. The van der Waals surface area contributed by atoms with Gasteiger partial charge < -0.3 is 9.42 Å². The lowest BCUT2D eigenvalue weighted by Crippen LogP contribution is -2.49. The molecule has 0 unspecified atom stereocenters. The summed E-state index contributed by atoms with van der Waals surface area (Å²) in [6.07, 6.45) is -0.948. The van der Waals surface area contributed by atoms with Gasteiger partial charge in [-0.1, -0.05) is 35.3 Å². The third-order valence-electron chi connectivity index (χ3n) is 5.54. The molecule has 1 aliphatic rings. The number of anilines is 1. The number of aromatic nitrogens is 2. The second-order valence-corrected chi connectivity index (χ2v) is 9.28. The van der Waals surface area contributed by atoms with Crippen LogP contribution in [0.5, 0.6) is 0 Å². The molecule has 4 rings (SSSR count). The molecule has 2 heterocycles. The number of nitrogens with zero attached hydrogens (tertiary/aromatic N) is 4. The fourth-order valence-electron chi connectivity index (χ4n) is 4.39. The lowest BCUT2D eigenvalue weighted by Gasteiger charge is -2.36. The van der Waals surface area contributed by atoms with E-state index < -0.39 is 23.2 Å². The van der Waals surface area contributed by atoms with Crippen LogP contribution in [0.1, 0.15) is 33.9 Å². The smallest absolute Gasteiger partial charge is 0.314 e. The zero-order chi connectivity index (χ0) is 23.4. The minimum Gasteiger partial charge on any atom is -0.314 e. The van der Waals surface area contributed by atoms with Gasteiger partial charge in [0.1, 0.15) is 0 Å². The van der Waals surface area contributed by atoms with Crippen LogP contribution in [0.2, 0.25) is 10.0 Å². The van der Waals surface area contributed by atoms with Gasteiger partial charge >= 0.3 is 17.5 Å². The Bertz CT molecular complexity index is 1310. The molecule has 10 heteroatoms. The van der Waals surface area contributed by atoms with Crippen LogP contribution in [0.15, 0.2) is 62.6 Å². The van der Waals surface area contributed by atoms with Crippen molar-refractivity contribution in [2.24, 2.45) is 0 Å². The average Bonchev–Trinajstić information content (AvgIpc) is 3.09. The van der Waals surface area contributed by atoms with Crippen molar-refractivity contribution in [2.45, 2.75) is 45.4 Å². The molecule has 0 radical (unpaired) electrons. The van der Waals surface area contributed by atoms with Gasteiger partial charge in [0.25, 0.3) is 0 Å². The van der Waals surface area contributed by atoms with Crippen molar-refractivity contribution < 1.29 is 9.32 Å². The van der Waals surface area contributed by atoms with Gasteiger partial charge in [0.2, 0.25) is 0 Å². The summed E-state index contributed by atoms with van der Waals surface area (Å²) >= 11 is 12.2. The Labute approximate surface area is 194 Å². The first kappa shape index (κ1) is 22.2. The molecule has 8 nitrogen and oxygen atoms in total. The highest BCUT2D eigenvalue weighted by Crippen LogP contribution is 2.43. The van der Waals surface area contributed by atoms with E-state index in [0.29, 0.717) is 15.7 Å². The number of carbonyl (C=O) groups is 1. The SMILES string of the molecule is CC(C)N1C(=O)N(c2cccc(Cl)c2)[C@H](n2oc(=O)n(-c3cccc(Cl)c3)c2=O)C1(C)C. The number of rotatable bonds is 4. The Balaban J connectivity index is 1.96. The van der Waals surface area contributed by atoms with Crippen LogP contribution >= 0.6 is 23.2 Å². The van der Waals surface area contributed by atoms with E-state index in [-0.39, 0.29) is 17.8 Å². The fourth-order valence-corrected chi connectivity index (χ4v) is 4.76. The van der Waals surface area contributed by atoms with Crippen molar-refractivity contribution in [3.63, 3.8) is 0 Å². The van der Waals surface area contributed by atoms with Gasteiger partial charge in [0.05, 0.1) is 11.2 Å². The average molecular weight is 477 g/mol. The predicted molar refractivity (Wildman–Crippen MR) is 123 cm³/mol. The van der Waals surface area contributed by atoms with Crippen LogP contribution in [-0.4, -0.2) is 31.8 Å².